The van der Waals surface area contributed by atoms with Gasteiger partial charge in [-0.1, -0.05) is 30.0 Å². The second kappa shape index (κ2) is 8.79. The summed E-state index contributed by atoms with van der Waals surface area (Å²) in [5.41, 5.74) is 2.78. The second-order valence-corrected chi connectivity index (χ2v) is 7.33. The summed E-state index contributed by atoms with van der Waals surface area (Å²) in [5, 5.41) is 11.8. The van der Waals surface area contributed by atoms with Gasteiger partial charge in [-0.25, -0.2) is 4.39 Å². The summed E-state index contributed by atoms with van der Waals surface area (Å²) in [7, 11) is 0. The Morgan fingerprint density at radius 1 is 1.25 bits per heavy atom. The number of thioether (sulfide) groups is 1. The Bertz CT molecular complexity index is 1000. The lowest BCUT2D eigenvalue weighted by Gasteiger charge is -2.10. The van der Waals surface area contributed by atoms with Crippen LogP contribution in [0, 0.1) is 12.7 Å². The van der Waals surface area contributed by atoms with Crippen LogP contribution in [0.2, 0.25) is 0 Å². The van der Waals surface area contributed by atoms with Crippen molar-refractivity contribution in [2.45, 2.75) is 25.5 Å². The zero-order chi connectivity index (χ0) is 20.1. The maximum atomic E-state index is 13.6. The molecule has 0 unspecified atom stereocenters. The maximum absolute atomic E-state index is 13.6. The number of benzene rings is 1. The number of amides is 1. The Labute approximate surface area is 166 Å². The van der Waals surface area contributed by atoms with Gasteiger partial charge in [0.15, 0.2) is 11.0 Å². The summed E-state index contributed by atoms with van der Waals surface area (Å²) in [6.45, 7) is 8.09. The van der Waals surface area contributed by atoms with Gasteiger partial charge in [0.05, 0.1) is 5.75 Å². The number of rotatable bonds is 7. The van der Waals surface area contributed by atoms with Crippen molar-refractivity contribution in [3.05, 3.63) is 66.3 Å². The molecule has 1 amide bonds. The summed E-state index contributed by atoms with van der Waals surface area (Å²) < 4.78 is 15.5. The Morgan fingerprint density at radius 2 is 2.00 bits per heavy atom. The van der Waals surface area contributed by atoms with Gasteiger partial charge in [-0.3, -0.25) is 14.3 Å². The number of allylic oxidation sites excluding steroid dienone is 1. The van der Waals surface area contributed by atoms with Gasteiger partial charge in [0.2, 0.25) is 5.91 Å². The van der Waals surface area contributed by atoms with Crippen LogP contribution >= 0.6 is 11.8 Å². The fourth-order valence-electron chi connectivity index (χ4n) is 2.52. The van der Waals surface area contributed by atoms with E-state index in [4.69, 9.17) is 0 Å². The number of pyridine rings is 1. The zero-order valence-electron chi connectivity index (χ0n) is 15.6. The molecule has 0 saturated heterocycles. The SMILES string of the molecule is C=C(C)Cn1c(SCC(=O)Nc2ccc(C)c(F)c2)nnc1-c1ccncc1. The Morgan fingerprint density at radius 3 is 2.68 bits per heavy atom. The summed E-state index contributed by atoms with van der Waals surface area (Å²) in [4.78, 5) is 16.3. The lowest BCUT2D eigenvalue weighted by atomic mass is 10.2. The highest BCUT2D eigenvalue weighted by Crippen LogP contribution is 2.25. The van der Waals surface area contributed by atoms with Gasteiger partial charge in [0, 0.05) is 30.2 Å². The van der Waals surface area contributed by atoms with E-state index in [1.807, 2.05) is 23.6 Å². The molecular weight excluding hydrogens is 377 g/mol. The van der Waals surface area contributed by atoms with Crippen LogP contribution in [-0.4, -0.2) is 31.4 Å². The zero-order valence-corrected chi connectivity index (χ0v) is 16.5. The lowest BCUT2D eigenvalue weighted by molar-refractivity contribution is -0.113. The Kier molecular flexibility index (Phi) is 6.20. The number of nitrogens with one attached hydrogen (secondary N) is 1. The Hall–Kier alpha value is -3.00. The fraction of sp³-hybridized carbons (Fsp3) is 0.200. The van der Waals surface area contributed by atoms with Crippen LogP contribution in [-0.2, 0) is 11.3 Å². The normalized spacial score (nSPS) is 10.7. The first-order valence-corrected chi connectivity index (χ1v) is 9.59. The highest BCUT2D eigenvalue weighted by molar-refractivity contribution is 7.99. The van der Waals surface area contributed by atoms with Gasteiger partial charge < -0.3 is 5.32 Å². The first kappa shape index (κ1) is 19.8. The minimum atomic E-state index is -0.353. The molecule has 3 rings (SSSR count). The van der Waals surface area contributed by atoms with Crippen molar-refractivity contribution < 1.29 is 9.18 Å². The van der Waals surface area contributed by atoms with Crippen molar-refractivity contribution in [3.8, 4) is 11.4 Å². The minimum absolute atomic E-state index is 0.125. The van der Waals surface area contributed by atoms with Gasteiger partial charge in [0.1, 0.15) is 5.82 Å². The largest absolute Gasteiger partial charge is 0.325 e. The fourth-order valence-corrected chi connectivity index (χ4v) is 3.26. The average molecular weight is 397 g/mol. The number of aromatic nitrogens is 4. The van der Waals surface area contributed by atoms with Crippen molar-refractivity contribution in [2.24, 2.45) is 0 Å². The topological polar surface area (TPSA) is 72.7 Å². The van der Waals surface area contributed by atoms with Gasteiger partial charge in [-0.2, -0.15) is 0 Å². The number of carbonyl (C=O) groups is 1. The van der Waals surface area contributed by atoms with E-state index in [1.54, 1.807) is 31.5 Å². The number of nitrogens with zero attached hydrogens (tertiary/aromatic N) is 4. The number of aryl methyl sites for hydroxylation is 1. The van der Waals surface area contributed by atoms with Crippen molar-refractivity contribution in [2.75, 3.05) is 11.1 Å². The standard InChI is InChI=1S/C20H20FN5OS/c1-13(2)11-26-19(15-6-8-22-9-7-15)24-25-20(26)28-12-18(27)23-16-5-4-14(3)17(21)10-16/h4-10H,1,11-12H2,2-3H3,(H,23,27). The monoisotopic (exact) mass is 397 g/mol. The molecule has 0 atom stereocenters. The average Bonchev–Trinajstić information content (AvgIpc) is 3.05. The molecular formula is C20H20FN5OS. The second-order valence-electron chi connectivity index (χ2n) is 6.39. The molecule has 1 N–H and O–H groups in total. The molecule has 144 valence electrons. The minimum Gasteiger partial charge on any atom is -0.325 e. The number of halogens is 1. The molecule has 2 heterocycles. The predicted molar refractivity (Wildman–Crippen MR) is 109 cm³/mol. The van der Waals surface area contributed by atoms with Gasteiger partial charge in [-0.15, -0.1) is 10.2 Å². The van der Waals surface area contributed by atoms with Crippen LogP contribution in [0.15, 0.2) is 60.0 Å². The van der Waals surface area contributed by atoms with Gasteiger partial charge in [-0.05, 0) is 43.7 Å². The van der Waals surface area contributed by atoms with E-state index in [9.17, 15) is 9.18 Å². The van der Waals surface area contributed by atoms with E-state index in [0.29, 0.717) is 28.8 Å². The maximum Gasteiger partial charge on any atom is 0.234 e. The van der Waals surface area contributed by atoms with E-state index in [0.717, 1.165) is 11.1 Å². The van der Waals surface area contributed by atoms with Crippen LogP contribution in [0.4, 0.5) is 10.1 Å². The van der Waals surface area contributed by atoms with Gasteiger partial charge in [0.25, 0.3) is 0 Å². The molecule has 1 aromatic carbocycles. The number of carbonyl (C=O) groups excluding carboxylic acids is 1. The highest BCUT2D eigenvalue weighted by Gasteiger charge is 2.16. The predicted octanol–water partition coefficient (Wildman–Crippen LogP) is 4.09. The van der Waals surface area contributed by atoms with E-state index < -0.39 is 0 Å². The number of hydrogen-bond acceptors (Lipinski definition) is 5. The third-order valence-corrected chi connectivity index (χ3v) is 4.84. The molecule has 0 spiro atoms. The third kappa shape index (κ3) is 4.83. The first-order chi connectivity index (χ1) is 13.4. The van der Waals surface area contributed by atoms with E-state index in [2.05, 4.69) is 27.1 Å². The molecule has 0 aliphatic rings. The van der Waals surface area contributed by atoms with E-state index >= 15 is 0 Å². The van der Waals surface area contributed by atoms with Crippen molar-refractivity contribution >= 4 is 23.4 Å². The summed E-state index contributed by atoms with van der Waals surface area (Å²) in [5.74, 6) is 0.214. The molecule has 6 nitrogen and oxygen atoms in total. The molecule has 0 bridgehead atoms. The van der Waals surface area contributed by atoms with Crippen LogP contribution in [0.3, 0.4) is 0 Å². The summed E-state index contributed by atoms with van der Waals surface area (Å²) in [6, 6.07) is 8.32. The molecule has 2 aromatic heterocycles. The molecule has 3 aromatic rings. The van der Waals surface area contributed by atoms with Gasteiger partial charge >= 0.3 is 0 Å². The quantitative estimate of drug-likeness (QED) is 0.480. The summed E-state index contributed by atoms with van der Waals surface area (Å²) in [6.07, 6.45) is 3.38. The van der Waals surface area contributed by atoms with E-state index in [-0.39, 0.29) is 17.5 Å². The Balaban J connectivity index is 1.73. The molecule has 8 heteroatoms. The van der Waals surface area contributed by atoms with Crippen LogP contribution < -0.4 is 5.32 Å². The van der Waals surface area contributed by atoms with Crippen molar-refractivity contribution in [3.63, 3.8) is 0 Å². The van der Waals surface area contributed by atoms with Crippen LogP contribution in [0.25, 0.3) is 11.4 Å². The summed E-state index contributed by atoms with van der Waals surface area (Å²) >= 11 is 1.27. The molecule has 0 aliphatic carbocycles. The number of hydrogen-bond donors (Lipinski definition) is 1. The third-order valence-electron chi connectivity index (χ3n) is 3.87. The molecule has 0 fully saturated rings. The molecule has 28 heavy (non-hydrogen) atoms. The highest BCUT2D eigenvalue weighted by atomic mass is 32.2. The van der Waals surface area contributed by atoms with Crippen LogP contribution in [0.1, 0.15) is 12.5 Å². The lowest BCUT2D eigenvalue weighted by Crippen LogP contribution is -2.15. The number of anilines is 1. The molecule has 0 radical (unpaired) electrons. The van der Waals surface area contributed by atoms with Crippen molar-refractivity contribution in [1.29, 1.82) is 0 Å². The smallest absolute Gasteiger partial charge is 0.234 e. The van der Waals surface area contributed by atoms with E-state index in [1.165, 1.54) is 17.8 Å². The molecule has 0 saturated carbocycles. The van der Waals surface area contributed by atoms with Crippen molar-refractivity contribution in [1.82, 2.24) is 19.7 Å². The first-order valence-electron chi connectivity index (χ1n) is 8.61. The molecule has 0 aliphatic heterocycles. The van der Waals surface area contributed by atoms with Crippen LogP contribution in [0.5, 0.6) is 0 Å².